The van der Waals surface area contributed by atoms with E-state index in [0.717, 1.165) is 5.56 Å². The van der Waals surface area contributed by atoms with Crippen LogP contribution in [0.1, 0.15) is 11.1 Å². The molecule has 2 aromatic rings. The second-order valence-electron chi connectivity index (χ2n) is 4.04. The maximum Gasteiger partial charge on any atom is 0.141 e. The first-order chi connectivity index (χ1) is 8.13. The molecule has 0 radical (unpaired) electrons. The molecule has 1 aromatic carbocycles. The second-order valence-corrected chi connectivity index (χ2v) is 4.04. The molecule has 2 rings (SSSR count). The first-order valence-corrected chi connectivity index (χ1v) is 5.37. The normalized spacial score (nSPS) is 10.5. The van der Waals surface area contributed by atoms with Crippen molar-refractivity contribution in [2.24, 2.45) is 7.05 Å². The summed E-state index contributed by atoms with van der Waals surface area (Å²) in [6, 6.07) is 6.13. The molecule has 0 atom stereocenters. The molecule has 0 spiro atoms. The van der Waals surface area contributed by atoms with Crippen molar-refractivity contribution in [2.45, 2.75) is 12.8 Å². The highest BCUT2D eigenvalue weighted by atomic mass is 19.1. The maximum absolute atomic E-state index is 12.9. The van der Waals surface area contributed by atoms with E-state index >= 15 is 0 Å². The highest BCUT2D eigenvalue weighted by molar-refractivity contribution is 5.82. The van der Waals surface area contributed by atoms with E-state index in [9.17, 15) is 9.18 Å². The lowest BCUT2D eigenvalue weighted by atomic mass is 10.0. The number of benzene rings is 1. The number of hydrogen-bond donors (Lipinski definition) is 0. The minimum atomic E-state index is -0.309. The molecule has 0 aliphatic carbocycles. The molecule has 0 saturated heterocycles. The van der Waals surface area contributed by atoms with Crippen molar-refractivity contribution in [1.29, 1.82) is 0 Å². The Kier molecular flexibility index (Phi) is 3.32. The van der Waals surface area contributed by atoms with E-state index in [0.29, 0.717) is 12.0 Å². The van der Waals surface area contributed by atoms with Crippen LogP contribution in [0.2, 0.25) is 0 Å². The van der Waals surface area contributed by atoms with Crippen LogP contribution < -0.4 is 0 Å². The van der Waals surface area contributed by atoms with Crippen molar-refractivity contribution in [3.8, 4) is 0 Å². The third kappa shape index (κ3) is 3.24. The Morgan fingerprint density at radius 3 is 2.76 bits per heavy atom. The van der Waals surface area contributed by atoms with Gasteiger partial charge in [-0.25, -0.2) is 4.39 Å². The summed E-state index contributed by atoms with van der Waals surface area (Å²) in [5.74, 6) is -0.250. The van der Waals surface area contributed by atoms with Crippen LogP contribution in [-0.4, -0.2) is 15.6 Å². The Hall–Kier alpha value is -1.97. The van der Waals surface area contributed by atoms with Crippen molar-refractivity contribution in [3.63, 3.8) is 0 Å². The molecule has 0 amide bonds. The average molecular weight is 232 g/mol. The largest absolute Gasteiger partial charge is 0.299 e. The van der Waals surface area contributed by atoms with Crippen molar-refractivity contribution in [2.75, 3.05) is 0 Å². The van der Waals surface area contributed by atoms with Crippen molar-refractivity contribution in [3.05, 3.63) is 53.6 Å². The third-order valence-electron chi connectivity index (χ3n) is 2.45. The second kappa shape index (κ2) is 4.91. The summed E-state index contributed by atoms with van der Waals surface area (Å²) in [6.07, 6.45) is 4.07. The third-order valence-corrected chi connectivity index (χ3v) is 2.45. The molecule has 0 fully saturated rings. The van der Waals surface area contributed by atoms with Gasteiger partial charge in [-0.2, -0.15) is 5.10 Å². The van der Waals surface area contributed by atoms with Gasteiger partial charge < -0.3 is 0 Å². The van der Waals surface area contributed by atoms with Gasteiger partial charge in [0.15, 0.2) is 0 Å². The molecule has 0 aliphatic heterocycles. The zero-order valence-corrected chi connectivity index (χ0v) is 9.56. The topological polar surface area (TPSA) is 34.9 Å². The number of aryl methyl sites for hydroxylation is 1. The predicted molar refractivity (Wildman–Crippen MR) is 62.0 cm³/mol. The van der Waals surface area contributed by atoms with Crippen molar-refractivity contribution in [1.82, 2.24) is 9.78 Å². The van der Waals surface area contributed by atoms with Crippen LogP contribution in [-0.2, 0) is 24.7 Å². The van der Waals surface area contributed by atoms with E-state index in [1.807, 2.05) is 6.20 Å². The molecule has 0 bridgehead atoms. The quantitative estimate of drug-likeness (QED) is 0.807. The number of rotatable bonds is 4. The minimum Gasteiger partial charge on any atom is -0.299 e. The van der Waals surface area contributed by atoms with E-state index in [1.165, 1.54) is 12.1 Å². The number of carbonyl (C=O) groups excluding carboxylic acids is 1. The standard InChI is InChI=1S/C13H13FN2O/c1-16-9-11(8-15-16)7-13(17)6-10-3-2-4-12(14)5-10/h2-5,8-9H,6-7H2,1H3. The smallest absolute Gasteiger partial charge is 0.141 e. The lowest BCUT2D eigenvalue weighted by Crippen LogP contribution is -2.06. The van der Waals surface area contributed by atoms with Gasteiger partial charge in [0.05, 0.1) is 6.20 Å². The fourth-order valence-corrected chi connectivity index (χ4v) is 1.73. The molecule has 1 heterocycles. The number of hydrogen-bond acceptors (Lipinski definition) is 2. The number of halogens is 1. The zero-order valence-electron chi connectivity index (χ0n) is 9.56. The molecule has 88 valence electrons. The monoisotopic (exact) mass is 232 g/mol. The lowest BCUT2D eigenvalue weighted by molar-refractivity contribution is -0.117. The first-order valence-electron chi connectivity index (χ1n) is 5.37. The molecule has 0 N–H and O–H groups in total. The van der Waals surface area contributed by atoms with Gasteiger partial charge in [-0.1, -0.05) is 12.1 Å². The predicted octanol–water partition coefficient (Wildman–Crippen LogP) is 1.91. The van der Waals surface area contributed by atoms with Crippen LogP contribution >= 0.6 is 0 Å². The molecule has 17 heavy (non-hydrogen) atoms. The number of nitrogens with zero attached hydrogens (tertiary/aromatic N) is 2. The Bertz CT molecular complexity index is 534. The number of carbonyl (C=O) groups is 1. The molecular weight excluding hydrogens is 219 g/mol. The van der Waals surface area contributed by atoms with Crippen molar-refractivity contribution < 1.29 is 9.18 Å². The van der Waals surface area contributed by atoms with Gasteiger partial charge in [0.1, 0.15) is 11.6 Å². The van der Waals surface area contributed by atoms with Crippen LogP contribution in [0.15, 0.2) is 36.7 Å². The summed E-state index contributed by atoms with van der Waals surface area (Å²) in [5, 5.41) is 4.00. The summed E-state index contributed by atoms with van der Waals surface area (Å²) in [5.41, 5.74) is 1.59. The van der Waals surface area contributed by atoms with Crippen LogP contribution in [0.4, 0.5) is 4.39 Å². The van der Waals surface area contributed by atoms with Crippen LogP contribution in [0.5, 0.6) is 0 Å². The molecule has 0 aliphatic rings. The summed E-state index contributed by atoms with van der Waals surface area (Å²) < 4.78 is 14.6. The van der Waals surface area contributed by atoms with Crippen LogP contribution in [0.3, 0.4) is 0 Å². The van der Waals surface area contributed by atoms with Gasteiger partial charge in [0.2, 0.25) is 0 Å². The first kappa shape index (κ1) is 11.5. The van der Waals surface area contributed by atoms with Gasteiger partial charge in [-0.15, -0.1) is 0 Å². The number of Topliss-reactive ketones (excluding diaryl/α,β-unsaturated/α-hetero) is 1. The molecule has 1 aromatic heterocycles. The number of ketones is 1. The van der Waals surface area contributed by atoms with E-state index < -0.39 is 0 Å². The van der Waals surface area contributed by atoms with Gasteiger partial charge in [-0.05, 0) is 23.3 Å². The van der Waals surface area contributed by atoms with E-state index in [4.69, 9.17) is 0 Å². The molecular formula is C13H13FN2O. The zero-order chi connectivity index (χ0) is 12.3. The van der Waals surface area contributed by atoms with Gasteiger partial charge in [-0.3, -0.25) is 9.48 Å². The van der Waals surface area contributed by atoms with E-state index in [-0.39, 0.29) is 18.0 Å². The molecule has 4 heteroatoms. The summed E-state index contributed by atoms with van der Waals surface area (Å²) in [6.45, 7) is 0. The maximum atomic E-state index is 12.9. The van der Waals surface area contributed by atoms with Gasteiger partial charge in [0, 0.05) is 26.1 Å². The van der Waals surface area contributed by atoms with Gasteiger partial charge >= 0.3 is 0 Å². The Labute approximate surface area is 98.9 Å². The Morgan fingerprint density at radius 1 is 1.35 bits per heavy atom. The highest BCUT2D eigenvalue weighted by Crippen LogP contribution is 2.07. The van der Waals surface area contributed by atoms with E-state index in [1.54, 1.807) is 30.1 Å². The van der Waals surface area contributed by atoms with Gasteiger partial charge in [0.25, 0.3) is 0 Å². The summed E-state index contributed by atoms with van der Waals surface area (Å²) >= 11 is 0. The molecule has 0 unspecified atom stereocenters. The Morgan fingerprint density at radius 2 is 2.12 bits per heavy atom. The summed E-state index contributed by atoms with van der Waals surface area (Å²) in [4.78, 5) is 11.7. The van der Waals surface area contributed by atoms with E-state index in [2.05, 4.69) is 5.10 Å². The Balaban J connectivity index is 1.98. The minimum absolute atomic E-state index is 0.0589. The SMILES string of the molecule is Cn1cc(CC(=O)Cc2cccc(F)c2)cn1. The van der Waals surface area contributed by atoms with Crippen LogP contribution in [0, 0.1) is 5.82 Å². The molecule has 3 nitrogen and oxygen atoms in total. The van der Waals surface area contributed by atoms with Crippen LogP contribution in [0.25, 0.3) is 0 Å². The lowest BCUT2D eigenvalue weighted by Gasteiger charge is -2.00. The number of aromatic nitrogens is 2. The summed E-state index contributed by atoms with van der Waals surface area (Å²) in [7, 11) is 1.81. The average Bonchev–Trinajstić information content (AvgIpc) is 2.63. The highest BCUT2D eigenvalue weighted by Gasteiger charge is 2.07. The van der Waals surface area contributed by atoms with Crippen molar-refractivity contribution >= 4 is 5.78 Å². The molecule has 0 saturated carbocycles. The fourth-order valence-electron chi connectivity index (χ4n) is 1.73. The fraction of sp³-hybridized carbons (Fsp3) is 0.231.